The summed E-state index contributed by atoms with van der Waals surface area (Å²) in [6.07, 6.45) is -1.72. The summed E-state index contributed by atoms with van der Waals surface area (Å²) >= 11 is 0. The van der Waals surface area contributed by atoms with Crippen LogP contribution in [0.4, 0.5) is 13.2 Å². The van der Waals surface area contributed by atoms with E-state index in [0.717, 1.165) is 43.5 Å². The van der Waals surface area contributed by atoms with Crippen molar-refractivity contribution < 1.29 is 27.5 Å². The van der Waals surface area contributed by atoms with Crippen molar-refractivity contribution in [2.45, 2.75) is 25.4 Å². The molecule has 3 heterocycles. The average Bonchev–Trinajstić information content (AvgIpc) is 3.32. The minimum Gasteiger partial charge on any atom is -0.439 e. The molecule has 1 saturated heterocycles. The molecule has 3 aromatic rings. The maximum Gasteiger partial charge on any atom is 0.417 e. The Balaban J connectivity index is 1.36. The van der Waals surface area contributed by atoms with Crippen LogP contribution >= 0.6 is 0 Å². The van der Waals surface area contributed by atoms with Crippen molar-refractivity contribution >= 4 is 22.7 Å². The number of pyridine rings is 2. The van der Waals surface area contributed by atoms with Gasteiger partial charge in [0.15, 0.2) is 0 Å². The molecule has 0 saturated carbocycles. The molecule has 1 aromatic carbocycles. The van der Waals surface area contributed by atoms with Crippen LogP contribution in [0.1, 0.15) is 24.1 Å². The summed E-state index contributed by atoms with van der Waals surface area (Å²) in [6, 6.07) is 10.5. The van der Waals surface area contributed by atoms with Gasteiger partial charge in [0.25, 0.3) is 0 Å². The zero-order chi connectivity index (χ0) is 23.4. The molecule has 33 heavy (non-hydrogen) atoms. The second-order valence-electron chi connectivity index (χ2n) is 7.68. The van der Waals surface area contributed by atoms with Gasteiger partial charge >= 0.3 is 6.18 Å². The van der Waals surface area contributed by atoms with Crippen LogP contribution in [0.25, 0.3) is 10.9 Å². The molecule has 2 aromatic heterocycles. The number of alkyl halides is 3. The van der Waals surface area contributed by atoms with Gasteiger partial charge in [0.05, 0.1) is 29.7 Å². The summed E-state index contributed by atoms with van der Waals surface area (Å²) in [7, 11) is 0. The van der Waals surface area contributed by atoms with Crippen molar-refractivity contribution in [2.24, 2.45) is 0 Å². The SMILES string of the molecule is O=C(Cc1ccc2cc(Oc3ccc(C(F)(F)F)cn3)ccc2n1)NCC(=O)N1CCCC1. The fraction of sp³-hybridized carbons (Fsp3) is 0.304. The highest BCUT2D eigenvalue weighted by Gasteiger charge is 2.30. The van der Waals surface area contributed by atoms with Crippen LogP contribution in [0.3, 0.4) is 0 Å². The lowest BCUT2D eigenvalue weighted by Crippen LogP contribution is -2.39. The van der Waals surface area contributed by atoms with Gasteiger partial charge in [0, 0.05) is 30.7 Å². The van der Waals surface area contributed by atoms with E-state index in [2.05, 4.69) is 15.3 Å². The van der Waals surface area contributed by atoms with Crippen LogP contribution in [0, 0.1) is 0 Å². The molecule has 0 bridgehead atoms. The molecule has 1 aliphatic heterocycles. The van der Waals surface area contributed by atoms with Crippen LogP contribution < -0.4 is 10.1 Å². The van der Waals surface area contributed by atoms with Crippen molar-refractivity contribution in [3.05, 3.63) is 59.9 Å². The molecule has 1 N–H and O–H groups in total. The highest BCUT2D eigenvalue weighted by Crippen LogP contribution is 2.30. The summed E-state index contributed by atoms with van der Waals surface area (Å²) in [5.41, 5.74) is 0.322. The second-order valence-corrected chi connectivity index (χ2v) is 7.68. The predicted molar refractivity (Wildman–Crippen MR) is 114 cm³/mol. The van der Waals surface area contributed by atoms with Gasteiger partial charge in [-0.2, -0.15) is 13.2 Å². The molecule has 4 rings (SSSR count). The molecule has 10 heteroatoms. The van der Waals surface area contributed by atoms with Crippen molar-refractivity contribution in [2.75, 3.05) is 19.6 Å². The summed E-state index contributed by atoms with van der Waals surface area (Å²) in [6.45, 7) is 1.45. The zero-order valence-electron chi connectivity index (χ0n) is 17.6. The number of carbonyl (C=O) groups is 2. The highest BCUT2D eigenvalue weighted by atomic mass is 19.4. The maximum absolute atomic E-state index is 12.6. The van der Waals surface area contributed by atoms with Crippen LogP contribution in [-0.2, 0) is 22.2 Å². The highest BCUT2D eigenvalue weighted by molar-refractivity contribution is 5.86. The van der Waals surface area contributed by atoms with E-state index in [1.165, 1.54) is 0 Å². The number of ether oxygens (including phenoxy) is 1. The van der Waals surface area contributed by atoms with E-state index < -0.39 is 11.7 Å². The molecule has 1 aliphatic rings. The molecule has 0 spiro atoms. The normalized spacial score (nSPS) is 13.8. The lowest BCUT2D eigenvalue weighted by molar-refractivity contribution is -0.137. The number of halogens is 3. The van der Waals surface area contributed by atoms with Crippen LogP contribution in [0.5, 0.6) is 11.6 Å². The lowest BCUT2D eigenvalue weighted by atomic mass is 10.1. The Morgan fingerprint density at radius 1 is 1.06 bits per heavy atom. The number of hydrogen-bond donors (Lipinski definition) is 1. The summed E-state index contributed by atoms with van der Waals surface area (Å²) in [4.78, 5) is 34.1. The first-order valence-corrected chi connectivity index (χ1v) is 10.4. The van der Waals surface area contributed by atoms with E-state index in [-0.39, 0.29) is 30.7 Å². The quantitative estimate of drug-likeness (QED) is 0.609. The van der Waals surface area contributed by atoms with Crippen molar-refractivity contribution in [1.29, 1.82) is 0 Å². The number of rotatable bonds is 6. The number of fused-ring (bicyclic) bond motifs is 1. The number of hydrogen-bond acceptors (Lipinski definition) is 5. The molecular weight excluding hydrogens is 437 g/mol. The molecule has 0 aliphatic carbocycles. The Bertz CT molecular complexity index is 1160. The van der Waals surface area contributed by atoms with Gasteiger partial charge in [-0.15, -0.1) is 0 Å². The first kappa shape index (κ1) is 22.5. The lowest BCUT2D eigenvalue weighted by Gasteiger charge is -2.15. The molecule has 0 unspecified atom stereocenters. The van der Waals surface area contributed by atoms with Gasteiger partial charge in [-0.1, -0.05) is 6.07 Å². The van der Waals surface area contributed by atoms with Gasteiger partial charge in [-0.05, 0) is 43.2 Å². The average molecular weight is 458 g/mol. The third-order valence-electron chi connectivity index (χ3n) is 5.24. The Labute approximate surface area is 187 Å². The molecular formula is C23H21F3N4O3. The fourth-order valence-corrected chi connectivity index (χ4v) is 3.52. The molecule has 7 nitrogen and oxygen atoms in total. The number of benzene rings is 1. The third-order valence-corrected chi connectivity index (χ3v) is 5.24. The monoisotopic (exact) mass is 458 g/mol. The third kappa shape index (κ3) is 5.76. The number of amides is 2. The summed E-state index contributed by atoms with van der Waals surface area (Å²) in [5, 5.41) is 3.37. The van der Waals surface area contributed by atoms with Gasteiger partial charge in [-0.25, -0.2) is 4.98 Å². The van der Waals surface area contributed by atoms with E-state index in [0.29, 0.717) is 23.2 Å². The van der Waals surface area contributed by atoms with Crippen molar-refractivity contribution in [3.63, 3.8) is 0 Å². The second kappa shape index (κ2) is 9.43. The molecule has 0 atom stereocenters. The van der Waals surface area contributed by atoms with Crippen LogP contribution in [0.2, 0.25) is 0 Å². The van der Waals surface area contributed by atoms with E-state index in [9.17, 15) is 22.8 Å². The molecule has 2 amide bonds. The van der Waals surface area contributed by atoms with E-state index in [4.69, 9.17) is 4.74 Å². The van der Waals surface area contributed by atoms with Crippen molar-refractivity contribution in [3.8, 4) is 11.6 Å². The van der Waals surface area contributed by atoms with Gasteiger partial charge in [-0.3, -0.25) is 14.6 Å². The first-order valence-electron chi connectivity index (χ1n) is 10.4. The topological polar surface area (TPSA) is 84.4 Å². The largest absolute Gasteiger partial charge is 0.439 e. The zero-order valence-corrected chi connectivity index (χ0v) is 17.6. The molecule has 172 valence electrons. The number of carbonyl (C=O) groups excluding carboxylic acids is 2. The standard InChI is InChI=1S/C23H21F3N4O3/c24-23(25,26)16-4-8-21(28-13-16)33-18-6-7-19-15(11-18)3-5-17(29-19)12-20(31)27-14-22(32)30-9-1-2-10-30/h3-8,11,13H,1-2,9-10,12,14H2,(H,27,31). The minimum atomic E-state index is -4.46. The fourth-order valence-electron chi connectivity index (χ4n) is 3.52. The van der Waals surface area contributed by atoms with E-state index in [1.54, 1.807) is 35.2 Å². The number of nitrogens with one attached hydrogen (secondary N) is 1. The van der Waals surface area contributed by atoms with E-state index >= 15 is 0 Å². The van der Waals surface area contributed by atoms with Gasteiger partial charge in [0.2, 0.25) is 17.7 Å². The van der Waals surface area contributed by atoms with Gasteiger partial charge in [0.1, 0.15) is 5.75 Å². The number of aromatic nitrogens is 2. The summed E-state index contributed by atoms with van der Waals surface area (Å²) < 4.78 is 43.5. The first-order chi connectivity index (χ1) is 15.8. The molecule has 1 fully saturated rings. The summed E-state index contributed by atoms with van der Waals surface area (Å²) in [5.74, 6) is 0.0552. The Morgan fingerprint density at radius 2 is 1.85 bits per heavy atom. The van der Waals surface area contributed by atoms with Crippen molar-refractivity contribution in [1.82, 2.24) is 20.2 Å². The number of nitrogens with zero attached hydrogens (tertiary/aromatic N) is 3. The van der Waals surface area contributed by atoms with Gasteiger partial charge < -0.3 is 15.0 Å². The smallest absolute Gasteiger partial charge is 0.417 e. The van der Waals surface area contributed by atoms with Crippen LogP contribution in [0.15, 0.2) is 48.7 Å². The minimum absolute atomic E-state index is 0.0227. The number of likely N-dealkylation sites (tertiary alicyclic amines) is 1. The Hall–Kier alpha value is -3.69. The Kier molecular flexibility index (Phi) is 6.43. The van der Waals surface area contributed by atoms with Crippen LogP contribution in [-0.4, -0.2) is 46.3 Å². The molecule has 0 radical (unpaired) electrons. The predicted octanol–water partition coefficient (Wildman–Crippen LogP) is 3.72. The maximum atomic E-state index is 12.6. The Morgan fingerprint density at radius 3 is 2.55 bits per heavy atom. The van der Waals surface area contributed by atoms with E-state index in [1.807, 2.05) is 0 Å².